The van der Waals surface area contributed by atoms with E-state index < -0.39 is 0 Å². The molecule has 0 radical (unpaired) electrons. The van der Waals surface area contributed by atoms with Crippen molar-refractivity contribution in [3.63, 3.8) is 0 Å². The third kappa shape index (κ3) is 2.52. The SMILES string of the molecule is COc1ccc(-n2nc(-c3ccc(Cl)cc3Cl)c3c2NCC3)cc1. The van der Waals surface area contributed by atoms with Crippen molar-refractivity contribution in [2.75, 3.05) is 19.0 Å². The number of anilines is 1. The van der Waals surface area contributed by atoms with E-state index in [9.17, 15) is 0 Å². The van der Waals surface area contributed by atoms with Crippen LogP contribution in [-0.4, -0.2) is 23.4 Å². The quantitative estimate of drug-likeness (QED) is 0.728. The van der Waals surface area contributed by atoms with Gasteiger partial charge in [0.1, 0.15) is 11.6 Å². The molecule has 2 aromatic carbocycles. The molecule has 0 unspecified atom stereocenters. The van der Waals surface area contributed by atoms with Gasteiger partial charge in [0.15, 0.2) is 0 Å². The maximum Gasteiger partial charge on any atom is 0.133 e. The summed E-state index contributed by atoms with van der Waals surface area (Å²) in [6.45, 7) is 0.890. The average Bonchev–Trinajstić information content (AvgIpc) is 3.18. The molecule has 6 heteroatoms. The van der Waals surface area contributed by atoms with E-state index in [1.54, 1.807) is 13.2 Å². The molecule has 0 aliphatic carbocycles. The van der Waals surface area contributed by atoms with Crippen molar-refractivity contribution >= 4 is 29.0 Å². The van der Waals surface area contributed by atoms with E-state index in [0.717, 1.165) is 41.5 Å². The summed E-state index contributed by atoms with van der Waals surface area (Å²) < 4.78 is 7.14. The summed E-state index contributed by atoms with van der Waals surface area (Å²) in [5.41, 5.74) is 3.94. The topological polar surface area (TPSA) is 39.1 Å². The van der Waals surface area contributed by atoms with Gasteiger partial charge in [0.05, 0.1) is 23.5 Å². The van der Waals surface area contributed by atoms with Crippen molar-refractivity contribution in [1.29, 1.82) is 0 Å². The first-order valence-electron chi connectivity index (χ1n) is 7.63. The molecule has 0 saturated carbocycles. The summed E-state index contributed by atoms with van der Waals surface area (Å²) in [5, 5.41) is 9.45. The van der Waals surface area contributed by atoms with Gasteiger partial charge < -0.3 is 10.1 Å². The summed E-state index contributed by atoms with van der Waals surface area (Å²) in [7, 11) is 1.66. The number of hydrogen-bond acceptors (Lipinski definition) is 3. The van der Waals surface area contributed by atoms with Gasteiger partial charge in [0, 0.05) is 22.7 Å². The number of ether oxygens (including phenoxy) is 1. The molecule has 1 aliphatic rings. The molecule has 1 aromatic heterocycles. The van der Waals surface area contributed by atoms with Crippen molar-refractivity contribution < 1.29 is 4.74 Å². The Balaban J connectivity index is 1.85. The number of nitrogens with zero attached hydrogens (tertiary/aromatic N) is 2. The minimum atomic E-state index is 0.608. The van der Waals surface area contributed by atoms with E-state index in [2.05, 4.69) is 5.32 Å². The molecule has 2 heterocycles. The highest BCUT2D eigenvalue weighted by molar-refractivity contribution is 6.36. The molecule has 24 heavy (non-hydrogen) atoms. The van der Waals surface area contributed by atoms with Crippen molar-refractivity contribution in [1.82, 2.24) is 9.78 Å². The molecule has 1 N–H and O–H groups in total. The summed E-state index contributed by atoms with van der Waals surface area (Å²) in [5.74, 6) is 1.83. The van der Waals surface area contributed by atoms with Crippen LogP contribution in [0.2, 0.25) is 10.0 Å². The Morgan fingerprint density at radius 2 is 1.92 bits per heavy atom. The van der Waals surface area contributed by atoms with Gasteiger partial charge in [-0.15, -0.1) is 0 Å². The van der Waals surface area contributed by atoms with Crippen molar-refractivity contribution in [2.24, 2.45) is 0 Å². The number of hydrogen-bond donors (Lipinski definition) is 1. The van der Waals surface area contributed by atoms with Crippen LogP contribution in [0, 0.1) is 0 Å². The van der Waals surface area contributed by atoms with Gasteiger partial charge in [0.25, 0.3) is 0 Å². The maximum atomic E-state index is 6.39. The Bertz CT molecular complexity index is 903. The van der Waals surface area contributed by atoms with Gasteiger partial charge >= 0.3 is 0 Å². The third-order valence-corrected chi connectivity index (χ3v) is 4.70. The second kappa shape index (κ2) is 6.04. The predicted molar refractivity (Wildman–Crippen MR) is 97.8 cm³/mol. The van der Waals surface area contributed by atoms with Crippen LogP contribution in [0.1, 0.15) is 5.56 Å². The normalized spacial score (nSPS) is 12.8. The second-order valence-electron chi connectivity index (χ2n) is 5.59. The van der Waals surface area contributed by atoms with Crippen LogP contribution >= 0.6 is 23.2 Å². The minimum Gasteiger partial charge on any atom is -0.497 e. The fourth-order valence-corrected chi connectivity index (χ4v) is 3.48. The Labute approximate surface area is 150 Å². The largest absolute Gasteiger partial charge is 0.497 e. The maximum absolute atomic E-state index is 6.39. The third-order valence-electron chi connectivity index (χ3n) is 4.15. The minimum absolute atomic E-state index is 0.608. The van der Waals surface area contributed by atoms with Gasteiger partial charge in [0.2, 0.25) is 0 Å². The molecule has 4 rings (SSSR count). The summed E-state index contributed by atoms with van der Waals surface area (Å²) in [4.78, 5) is 0. The van der Waals surface area contributed by atoms with Crippen LogP contribution in [0.15, 0.2) is 42.5 Å². The highest BCUT2D eigenvalue weighted by Crippen LogP contribution is 2.38. The monoisotopic (exact) mass is 359 g/mol. The van der Waals surface area contributed by atoms with Gasteiger partial charge in [-0.2, -0.15) is 5.10 Å². The molecule has 0 atom stereocenters. The highest BCUT2D eigenvalue weighted by atomic mass is 35.5. The standard InChI is InChI=1S/C18H15Cl2N3O/c1-24-13-5-3-12(4-6-13)23-18-15(8-9-21-18)17(22-23)14-7-2-11(19)10-16(14)20/h2-7,10,21H,8-9H2,1H3. The fourth-order valence-electron chi connectivity index (χ4n) is 2.98. The number of benzene rings is 2. The number of rotatable bonds is 3. The Hall–Kier alpha value is -2.17. The first-order chi connectivity index (χ1) is 11.7. The van der Waals surface area contributed by atoms with E-state index in [-0.39, 0.29) is 0 Å². The summed E-state index contributed by atoms with van der Waals surface area (Å²) in [6, 6.07) is 13.3. The van der Waals surface area contributed by atoms with E-state index in [1.807, 2.05) is 41.1 Å². The zero-order valence-electron chi connectivity index (χ0n) is 13.0. The lowest BCUT2D eigenvalue weighted by Gasteiger charge is -2.07. The van der Waals surface area contributed by atoms with Crippen LogP contribution in [0.25, 0.3) is 16.9 Å². The van der Waals surface area contributed by atoms with E-state index in [4.69, 9.17) is 33.0 Å². The average molecular weight is 360 g/mol. The van der Waals surface area contributed by atoms with Crippen LogP contribution < -0.4 is 10.1 Å². The fraction of sp³-hybridized carbons (Fsp3) is 0.167. The zero-order valence-corrected chi connectivity index (χ0v) is 14.5. The van der Waals surface area contributed by atoms with Gasteiger partial charge in [-0.05, 0) is 48.9 Å². The molecule has 1 aliphatic heterocycles. The lowest BCUT2D eigenvalue weighted by atomic mass is 10.1. The lowest BCUT2D eigenvalue weighted by Crippen LogP contribution is -2.04. The lowest BCUT2D eigenvalue weighted by molar-refractivity contribution is 0.414. The molecule has 0 fully saturated rings. The summed E-state index contributed by atoms with van der Waals surface area (Å²) >= 11 is 12.4. The molecule has 0 saturated heterocycles. The first-order valence-corrected chi connectivity index (χ1v) is 8.38. The van der Waals surface area contributed by atoms with Gasteiger partial charge in [-0.25, -0.2) is 4.68 Å². The van der Waals surface area contributed by atoms with Crippen molar-refractivity contribution in [3.05, 3.63) is 58.1 Å². The molecule has 3 aromatic rings. The number of fused-ring (bicyclic) bond motifs is 1. The highest BCUT2D eigenvalue weighted by Gasteiger charge is 2.25. The number of aromatic nitrogens is 2. The molecule has 0 bridgehead atoms. The van der Waals surface area contributed by atoms with E-state index in [0.29, 0.717) is 10.0 Å². The van der Waals surface area contributed by atoms with Crippen LogP contribution in [-0.2, 0) is 6.42 Å². The Morgan fingerprint density at radius 3 is 2.62 bits per heavy atom. The Kier molecular flexibility index (Phi) is 3.87. The van der Waals surface area contributed by atoms with Crippen LogP contribution in [0.5, 0.6) is 5.75 Å². The molecular formula is C18H15Cl2N3O. The first kappa shape index (κ1) is 15.4. The number of halogens is 2. The number of methoxy groups -OCH3 is 1. The molecular weight excluding hydrogens is 345 g/mol. The van der Waals surface area contributed by atoms with E-state index >= 15 is 0 Å². The van der Waals surface area contributed by atoms with Gasteiger partial charge in [-0.3, -0.25) is 0 Å². The number of nitrogens with one attached hydrogen (secondary N) is 1. The smallest absolute Gasteiger partial charge is 0.133 e. The van der Waals surface area contributed by atoms with E-state index in [1.165, 1.54) is 5.56 Å². The predicted octanol–water partition coefficient (Wildman–Crippen LogP) is 4.82. The molecule has 4 nitrogen and oxygen atoms in total. The van der Waals surface area contributed by atoms with Crippen LogP contribution in [0.4, 0.5) is 5.82 Å². The van der Waals surface area contributed by atoms with Gasteiger partial charge in [-0.1, -0.05) is 23.2 Å². The summed E-state index contributed by atoms with van der Waals surface area (Å²) in [6.07, 6.45) is 0.916. The second-order valence-corrected chi connectivity index (χ2v) is 6.43. The van der Waals surface area contributed by atoms with Crippen molar-refractivity contribution in [3.8, 4) is 22.7 Å². The molecule has 0 amide bonds. The van der Waals surface area contributed by atoms with Crippen molar-refractivity contribution in [2.45, 2.75) is 6.42 Å². The molecule has 122 valence electrons. The Morgan fingerprint density at radius 1 is 1.12 bits per heavy atom. The molecule has 0 spiro atoms. The zero-order chi connectivity index (χ0) is 16.7. The van der Waals surface area contributed by atoms with Crippen LogP contribution in [0.3, 0.4) is 0 Å².